The number of hydrogen-bond acceptors (Lipinski definition) is 10. The molecule has 0 saturated carbocycles. The molecule has 3 aromatic rings. The van der Waals surface area contributed by atoms with Crippen LogP contribution in [-0.4, -0.2) is 38.7 Å². The fourth-order valence-corrected chi connectivity index (χ4v) is 5.41. The van der Waals surface area contributed by atoms with E-state index in [1.54, 1.807) is 26.0 Å². The molecule has 3 heterocycles. The first-order valence-corrected chi connectivity index (χ1v) is 12.6. The first-order valence-electron chi connectivity index (χ1n) is 9.43. The number of halogens is 1. The van der Waals surface area contributed by atoms with Crippen molar-refractivity contribution in [2.24, 2.45) is 0 Å². The quantitative estimate of drug-likeness (QED) is 0.349. The second-order valence-electron chi connectivity index (χ2n) is 6.45. The van der Waals surface area contributed by atoms with Gasteiger partial charge in [-0.3, -0.25) is 9.59 Å². The lowest BCUT2D eigenvalue weighted by molar-refractivity contribution is -0.140. The average Bonchev–Trinajstić information content (AvgIpc) is 3.50. The molecule has 0 atom stereocenters. The van der Waals surface area contributed by atoms with Crippen molar-refractivity contribution >= 4 is 54.9 Å². The minimum Gasteiger partial charge on any atom is -0.466 e. The number of nitrogens with zero attached hydrogens (tertiary/aromatic N) is 1. The molecule has 33 heavy (non-hydrogen) atoms. The Morgan fingerprint density at radius 2 is 1.97 bits per heavy atom. The lowest BCUT2D eigenvalue weighted by Gasteiger charge is -2.07. The number of aryl methyl sites for hydroxylation is 1. The topological polar surface area (TPSA) is 134 Å². The molecule has 1 aliphatic rings. The Hall–Kier alpha value is -2.90. The van der Waals surface area contributed by atoms with Gasteiger partial charge in [0.1, 0.15) is 9.37 Å². The fourth-order valence-electron chi connectivity index (χ4n) is 2.65. The Bertz CT molecular complexity index is 1280. The van der Waals surface area contributed by atoms with Crippen LogP contribution in [0.1, 0.15) is 34.8 Å². The highest BCUT2D eigenvalue weighted by atomic mass is 79.9. The first-order chi connectivity index (χ1) is 15.6. The number of carbonyl (C=O) groups is 2. The molecule has 0 fully saturated rings. The number of ether oxygens (including phenoxy) is 3. The number of nitrogens with one attached hydrogen (secondary N) is 1. The van der Waals surface area contributed by atoms with E-state index in [1.165, 1.54) is 24.4 Å². The highest BCUT2D eigenvalue weighted by Gasteiger charge is 2.28. The zero-order valence-electron chi connectivity index (χ0n) is 17.7. The summed E-state index contributed by atoms with van der Waals surface area (Å²) in [4.78, 5) is 22.6. The number of carbonyl (C=O) groups excluding carboxylic acids is 2. The van der Waals surface area contributed by atoms with Crippen molar-refractivity contribution in [1.82, 2.24) is 5.16 Å². The number of benzene rings is 1. The van der Waals surface area contributed by atoms with Crippen LogP contribution in [0.15, 0.2) is 43.5 Å². The van der Waals surface area contributed by atoms with E-state index in [-0.39, 0.29) is 28.4 Å². The van der Waals surface area contributed by atoms with Gasteiger partial charge in [-0.1, -0.05) is 5.16 Å². The normalized spacial score (nSPS) is 12.0. The van der Waals surface area contributed by atoms with Crippen LogP contribution in [0.4, 0.5) is 5.88 Å². The number of hydrogen-bond donors (Lipinski definition) is 1. The number of fused-ring (bicyclic) bond motifs is 1. The monoisotopic (exact) mass is 558 g/mol. The smallest absolute Gasteiger partial charge is 0.302 e. The molecule has 1 aromatic carbocycles. The molecule has 0 bridgehead atoms. The summed E-state index contributed by atoms with van der Waals surface area (Å²) in [6, 6.07) is 6.08. The van der Waals surface area contributed by atoms with Gasteiger partial charge in [-0.2, -0.15) is 0 Å². The van der Waals surface area contributed by atoms with E-state index in [4.69, 9.17) is 14.0 Å². The highest BCUT2D eigenvalue weighted by Crippen LogP contribution is 2.35. The Morgan fingerprint density at radius 3 is 2.58 bits per heavy atom. The third kappa shape index (κ3) is 5.72. The van der Waals surface area contributed by atoms with Gasteiger partial charge in [0, 0.05) is 12.5 Å². The Morgan fingerprint density at radius 1 is 1.24 bits per heavy atom. The molecular formula is C20H19BrN2O8S2. The van der Waals surface area contributed by atoms with Gasteiger partial charge >= 0.3 is 5.97 Å². The van der Waals surface area contributed by atoms with Gasteiger partial charge < -0.3 is 18.7 Å². The van der Waals surface area contributed by atoms with E-state index >= 15 is 0 Å². The molecule has 176 valence electrons. The summed E-state index contributed by atoms with van der Waals surface area (Å²) in [5, 5.41) is 5.22. The van der Waals surface area contributed by atoms with E-state index in [0.717, 1.165) is 11.3 Å². The zero-order valence-corrected chi connectivity index (χ0v) is 20.9. The predicted molar refractivity (Wildman–Crippen MR) is 122 cm³/mol. The standard InChI is InChI=1S/C16H11BrN2O6S2.C4H8O2/c1-8-13(17)16(25-18-8)19-27(21,22)12-4-5-26-15(12)14(20)9-2-3-10-11(6-9)24-7-23-10;1-3-6-4(2)5/h2-6,19H,7H2,1H3;3H2,1-2H3. The van der Waals surface area contributed by atoms with E-state index in [0.29, 0.717) is 33.8 Å². The lowest BCUT2D eigenvalue weighted by Crippen LogP contribution is -2.15. The third-order valence-corrected chi connectivity index (χ3v) is 7.47. The predicted octanol–water partition coefficient (Wildman–Crippen LogP) is 4.14. The Labute approximate surface area is 202 Å². The van der Waals surface area contributed by atoms with Gasteiger partial charge in [0.05, 0.1) is 17.2 Å². The van der Waals surface area contributed by atoms with E-state index in [1.807, 2.05) is 0 Å². The summed E-state index contributed by atoms with van der Waals surface area (Å²) in [6.07, 6.45) is 0. The maximum absolute atomic E-state index is 12.9. The average molecular weight is 559 g/mol. The van der Waals surface area contributed by atoms with Crippen LogP contribution >= 0.6 is 27.3 Å². The second-order valence-corrected chi connectivity index (χ2v) is 9.81. The first kappa shape index (κ1) is 24.7. The molecule has 0 radical (unpaired) electrons. The second kappa shape index (κ2) is 10.4. The summed E-state index contributed by atoms with van der Waals surface area (Å²) in [6.45, 7) is 5.39. The number of esters is 1. The summed E-state index contributed by atoms with van der Waals surface area (Å²) in [5.41, 5.74) is 0.796. The number of rotatable bonds is 6. The molecule has 2 aromatic heterocycles. The summed E-state index contributed by atoms with van der Waals surface area (Å²) < 4.78 is 48.1. The van der Waals surface area contributed by atoms with Crippen LogP contribution in [0.5, 0.6) is 11.5 Å². The van der Waals surface area contributed by atoms with Crippen molar-refractivity contribution in [3.05, 3.63) is 50.3 Å². The van der Waals surface area contributed by atoms with Gasteiger partial charge in [0.2, 0.25) is 12.6 Å². The van der Waals surface area contributed by atoms with Gasteiger partial charge in [-0.15, -0.1) is 11.3 Å². The van der Waals surface area contributed by atoms with Crippen LogP contribution in [0.25, 0.3) is 0 Å². The minimum absolute atomic E-state index is 0.0554. The number of anilines is 1. The van der Waals surface area contributed by atoms with Crippen LogP contribution in [0.2, 0.25) is 0 Å². The molecule has 0 saturated heterocycles. The Balaban J connectivity index is 0.000000454. The molecule has 4 rings (SSSR count). The molecule has 0 aliphatic carbocycles. The van der Waals surface area contributed by atoms with Gasteiger partial charge in [0.15, 0.2) is 11.5 Å². The minimum atomic E-state index is -4.05. The van der Waals surface area contributed by atoms with Crippen molar-refractivity contribution in [2.75, 3.05) is 18.1 Å². The lowest BCUT2D eigenvalue weighted by atomic mass is 10.1. The zero-order chi connectivity index (χ0) is 24.2. The number of ketones is 1. The molecule has 13 heteroatoms. The molecule has 0 unspecified atom stereocenters. The number of aromatic nitrogens is 1. The van der Waals surface area contributed by atoms with Crippen molar-refractivity contribution < 1.29 is 36.7 Å². The van der Waals surface area contributed by atoms with E-state index < -0.39 is 15.8 Å². The molecule has 1 N–H and O–H groups in total. The van der Waals surface area contributed by atoms with E-state index in [2.05, 4.69) is 30.5 Å². The molecule has 0 amide bonds. The fraction of sp³-hybridized carbons (Fsp3) is 0.250. The van der Waals surface area contributed by atoms with Crippen LogP contribution in [0, 0.1) is 6.92 Å². The van der Waals surface area contributed by atoms with Crippen molar-refractivity contribution in [3.63, 3.8) is 0 Å². The summed E-state index contributed by atoms with van der Waals surface area (Å²) in [7, 11) is -4.05. The van der Waals surface area contributed by atoms with Crippen molar-refractivity contribution in [3.8, 4) is 11.5 Å². The highest BCUT2D eigenvalue weighted by molar-refractivity contribution is 9.10. The van der Waals surface area contributed by atoms with Gasteiger partial charge in [-0.25, -0.2) is 13.1 Å². The Kier molecular flexibility index (Phi) is 7.76. The van der Waals surface area contributed by atoms with Crippen LogP contribution in [0.3, 0.4) is 0 Å². The molecule has 0 spiro atoms. The van der Waals surface area contributed by atoms with Crippen LogP contribution in [-0.2, 0) is 19.6 Å². The van der Waals surface area contributed by atoms with Crippen molar-refractivity contribution in [1.29, 1.82) is 0 Å². The van der Waals surface area contributed by atoms with Gasteiger partial charge in [-0.05, 0) is 59.4 Å². The SMILES string of the molecule is CCOC(C)=O.Cc1noc(NS(=O)(=O)c2ccsc2C(=O)c2ccc3c(c2)OCO3)c1Br. The number of sulfonamides is 1. The summed E-state index contributed by atoms with van der Waals surface area (Å²) in [5.74, 6) is 0.285. The largest absolute Gasteiger partial charge is 0.466 e. The summed E-state index contributed by atoms with van der Waals surface area (Å²) >= 11 is 4.24. The van der Waals surface area contributed by atoms with E-state index in [9.17, 15) is 18.0 Å². The maximum Gasteiger partial charge on any atom is 0.302 e. The molecule has 1 aliphatic heterocycles. The third-order valence-electron chi connectivity index (χ3n) is 4.13. The van der Waals surface area contributed by atoms with Gasteiger partial charge in [0.25, 0.3) is 15.9 Å². The van der Waals surface area contributed by atoms with Crippen LogP contribution < -0.4 is 14.2 Å². The number of thiophene rings is 1. The molecular weight excluding hydrogens is 540 g/mol. The maximum atomic E-state index is 12.9. The molecule has 10 nitrogen and oxygen atoms in total. The van der Waals surface area contributed by atoms with Crippen molar-refractivity contribution in [2.45, 2.75) is 25.7 Å².